The van der Waals surface area contributed by atoms with E-state index in [-0.39, 0.29) is 10.8 Å². The lowest BCUT2D eigenvalue weighted by Crippen LogP contribution is -2.49. The van der Waals surface area contributed by atoms with Crippen LogP contribution >= 0.6 is 0 Å². The van der Waals surface area contributed by atoms with Crippen molar-refractivity contribution >= 4 is 21.7 Å². The number of amides is 1. The maximum atomic E-state index is 13.2. The van der Waals surface area contributed by atoms with Crippen molar-refractivity contribution < 1.29 is 13.2 Å². The molecule has 0 saturated carbocycles. The molecule has 168 valence electrons. The molecule has 2 aromatic rings. The van der Waals surface area contributed by atoms with Crippen molar-refractivity contribution in [2.24, 2.45) is 0 Å². The molecule has 0 N–H and O–H groups in total. The number of hydrogen-bond donors (Lipinski definition) is 0. The third kappa shape index (κ3) is 4.88. The van der Waals surface area contributed by atoms with Crippen LogP contribution in [-0.4, -0.2) is 72.8 Å². The van der Waals surface area contributed by atoms with Gasteiger partial charge >= 0.3 is 0 Å². The number of piperazine rings is 1. The van der Waals surface area contributed by atoms with Gasteiger partial charge in [-0.05, 0) is 38.5 Å². The molecule has 2 heterocycles. The summed E-state index contributed by atoms with van der Waals surface area (Å²) in [4.78, 5) is 26.2. The molecule has 9 heteroatoms. The van der Waals surface area contributed by atoms with Gasteiger partial charge in [-0.3, -0.25) is 4.79 Å². The van der Waals surface area contributed by atoms with Gasteiger partial charge in [0.25, 0.3) is 5.91 Å². The van der Waals surface area contributed by atoms with Crippen LogP contribution in [0.1, 0.15) is 41.3 Å². The SMILES string of the molecule is CCN(CC)S(=O)(=O)c1ccc(C)c(C(=O)N2CCN(c3cc(C)nc(C)n3)CC2)c1. The fraction of sp³-hybridized carbons (Fsp3) is 0.500. The zero-order valence-corrected chi connectivity index (χ0v) is 19.7. The summed E-state index contributed by atoms with van der Waals surface area (Å²) in [6.45, 7) is 12.5. The Hall–Kier alpha value is -2.52. The number of hydrogen-bond acceptors (Lipinski definition) is 6. The van der Waals surface area contributed by atoms with Crippen molar-refractivity contribution in [3.63, 3.8) is 0 Å². The third-order valence-electron chi connectivity index (χ3n) is 5.63. The van der Waals surface area contributed by atoms with Gasteiger partial charge in [0.2, 0.25) is 10.0 Å². The second-order valence-electron chi connectivity index (χ2n) is 7.76. The highest BCUT2D eigenvalue weighted by Crippen LogP contribution is 2.22. The molecule has 8 nitrogen and oxygen atoms in total. The average molecular weight is 446 g/mol. The highest BCUT2D eigenvalue weighted by atomic mass is 32.2. The number of benzene rings is 1. The Balaban J connectivity index is 1.78. The number of rotatable bonds is 6. The van der Waals surface area contributed by atoms with Crippen molar-refractivity contribution in [3.8, 4) is 0 Å². The van der Waals surface area contributed by atoms with Crippen LogP contribution in [0.5, 0.6) is 0 Å². The zero-order valence-electron chi connectivity index (χ0n) is 18.9. The Morgan fingerprint density at radius 3 is 2.23 bits per heavy atom. The molecular formula is C22H31N5O3S. The van der Waals surface area contributed by atoms with E-state index in [0.717, 1.165) is 22.9 Å². The highest BCUT2D eigenvalue weighted by Gasteiger charge is 2.27. The summed E-state index contributed by atoms with van der Waals surface area (Å²) in [5.41, 5.74) is 2.13. The molecule has 1 fully saturated rings. The van der Waals surface area contributed by atoms with Gasteiger partial charge in [-0.2, -0.15) is 4.31 Å². The molecule has 3 rings (SSSR count). The van der Waals surface area contributed by atoms with Crippen molar-refractivity contribution in [2.75, 3.05) is 44.2 Å². The van der Waals surface area contributed by atoms with Gasteiger partial charge in [-0.15, -0.1) is 0 Å². The number of aryl methyl sites for hydroxylation is 3. The quantitative estimate of drug-likeness (QED) is 0.679. The van der Waals surface area contributed by atoms with Gasteiger partial charge in [0.1, 0.15) is 11.6 Å². The average Bonchev–Trinajstić information content (AvgIpc) is 2.73. The largest absolute Gasteiger partial charge is 0.353 e. The van der Waals surface area contributed by atoms with Crippen LogP contribution in [0.3, 0.4) is 0 Å². The van der Waals surface area contributed by atoms with Crippen molar-refractivity contribution in [1.29, 1.82) is 0 Å². The zero-order chi connectivity index (χ0) is 22.8. The van der Waals surface area contributed by atoms with Gasteiger partial charge in [0.15, 0.2) is 0 Å². The first kappa shape index (κ1) is 23.1. The summed E-state index contributed by atoms with van der Waals surface area (Å²) in [6, 6.07) is 6.77. The topological polar surface area (TPSA) is 86.7 Å². The number of sulfonamides is 1. The normalized spacial score (nSPS) is 14.9. The molecule has 1 amide bonds. The number of nitrogens with zero attached hydrogens (tertiary/aromatic N) is 5. The summed E-state index contributed by atoms with van der Waals surface area (Å²) < 4.78 is 27.2. The molecule has 1 aromatic heterocycles. The van der Waals surface area contributed by atoms with E-state index >= 15 is 0 Å². The molecule has 0 atom stereocenters. The van der Waals surface area contributed by atoms with Crippen LogP contribution in [0.2, 0.25) is 0 Å². The van der Waals surface area contributed by atoms with Gasteiger partial charge in [0, 0.05) is 56.6 Å². The van der Waals surface area contributed by atoms with E-state index < -0.39 is 10.0 Å². The third-order valence-corrected chi connectivity index (χ3v) is 7.67. The Morgan fingerprint density at radius 1 is 1.00 bits per heavy atom. The Bertz CT molecular complexity index is 1040. The Kier molecular flexibility index (Phi) is 6.96. The van der Waals surface area contributed by atoms with Crippen LogP contribution in [0.25, 0.3) is 0 Å². The van der Waals surface area contributed by atoms with Crippen LogP contribution in [0.4, 0.5) is 5.82 Å². The van der Waals surface area contributed by atoms with E-state index in [1.807, 2.05) is 26.8 Å². The number of anilines is 1. The van der Waals surface area contributed by atoms with Gasteiger partial charge in [-0.25, -0.2) is 18.4 Å². The number of carbonyl (C=O) groups is 1. The molecule has 0 spiro atoms. The highest BCUT2D eigenvalue weighted by molar-refractivity contribution is 7.89. The van der Waals surface area contributed by atoms with E-state index in [9.17, 15) is 13.2 Å². The summed E-state index contributed by atoms with van der Waals surface area (Å²) in [5.74, 6) is 1.47. The first-order valence-electron chi connectivity index (χ1n) is 10.6. The summed E-state index contributed by atoms with van der Waals surface area (Å²) >= 11 is 0. The predicted molar refractivity (Wildman–Crippen MR) is 121 cm³/mol. The van der Waals surface area contributed by atoms with Crippen LogP contribution < -0.4 is 4.90 Å². The first-order chi connectivity index (χ1) is 14.7. The van der Waals surface area contributed by atoms with E-state index in [2.05, 4.69) is 14.9 Å². The second kappa shape index (κ2) is 9.32. The summed E-state index contributed by atoms with van der Waals surface area (Å²) in [7, 11) is -3.62. The van der Waals surface area contributed by atoms with Crippen molar-refractivity contribution in [1.82, 2.24) is 19.2 Å². The molecule has 31 heavy (non-hydrogen) atoms. The lowest BCUT2D eigenvalue weighted by atomic mass is 10.1. The molecular weight excluding hydrogens is 414 g/mol. The maximum Gasteiger partial charge on any atom is 0.254 e. The molecule has 1 aromatic carbocycles. The second-order valence-corrected chi connectivity index (χ2v) is 9.70. The first-order valence-corrected chi connectivity index (χ1v) is 12.1. The van der Waals surface area contributed by atoms with Crippen molar-refractivity contribution in [3.05, 3.63) is 46.9 Å². The molecule has 0 unspecified atom stereocenters. The molecule has 0 radical (unpaired) electrons. The number of aromatic nitrogens is 2. The summed E-state index contributed by atoms with van der Waals surface area (Å²) in [5, 5.41) is 0. The van der Waals surface area contributed by atoms with E-state index in [0.29, 0.717) is 44.8 Å². The van der Waals surface area contributed by atoms with Gasteiger partial charge in [-0.1, -0.05) is 19.9 Å². The summed E-state index contributed by atoms with van der Waals surface area (Å²) in [6.07, 6.45) is 0. The lowest BCUT2D eigenvalue weighted by Gasteiger charge is -2.35. The number of carbonyl (C=O) groups excluding carboxylic acids is 1. The maximum absolute atomic E-state index is 13.2. The van der Waals surface area contributed by atoms with Crippen LogP contribution in [-0.2, 0) is 10.0 Å². The Morgan fingerprint density at radius 2 is 1.65 bits per heavy atom. The molecule has 1 aliphatic heterocycles. The smallest absolute Gasteiger partial charge is 0.254 e. The molecule has 1 saturated heterocycles. The van der Waals surface area contributed by atoms with Crippen molar-refractivity contribution in [2.45, 2.75) is 39.5 Å². The predicted octanol–water partition coefficient (Wildman–Crippen LogP) is 2.39. The molecule has 1 aliphatic rings. The van der Waals surface area contributed by atoms with E-state index in [4.69, 9.17) is 0 Å². The minimum atomic E-state index is -3.62. The fourth-order valence-electron chi connectivity index (χ4n) is 3.87. The van der Waals surface area contributed by atoms with Crippen LogP contribution in [0.15, 0.2) is 29.2 Å². The van der Waals surface area contributed by atoms with Gasteiger partial charge < -0.3 is 9.80 Å². The fourth-order valence-corrected chi connectivity index (χ4v) is 5.36. The van der Waals surface area contributed by atoms with Crippen LogP contribution in [0, 0.1) is 20.8 Å². The Labute approximate surface area is 185 Å². The minimum Gasteiger partial charge on any atom is -0.353 e. The molecule has 0 aliphatic carbocycles. The van der Waals surface area contributed by atoms with E-state index in [1.54, 1.807) is 30.9 Å². The molecule has 0 bridgehead atoms. The minimum absolute atomic E-state index is 0.135. The standard InChI is InChI=1S/C22H31N5O3S/c1-6-27(7-2)31(29,30)19-9-8-16(3)20(15-19)22(28)26-12-10-25(11-13-26)21-14-17(4)23-18(5)24-21/h8-9,14-15H,6-7,10-13H2,1-5H3. The van der Waals surface area contributed by atoms with E-state index in [1.165, 1.54) is 10.4 Å². The van der Waals surface area contributed by atoms with Gasteiger partial charge in [0.05, 0.1) is 4.90 Å². The monoisotopic (exact) mass is 445 g/mol. The lowest BCUT2D eigenvalue weighted by molar-refractivity contribution is 0.0745.